The molecule has 5 rings (SSSR count). The normalized spacial score (nSPS) is 12.1. The highest BCUT2D eigenvalue weighted by atomic mass is 32.2. The third-order valence-corrected chi connectivity index (χ3v) is 7.37. The van der Waals surface area contributed by atoms with E-state index in [0.717, 1.165) is 37.8 Å². The number of hydrogen-bond acceptors (Lipinski definition) is 6. The molecule has 3 N–H and O–H groups in total. The maximum atomic E-state index is 12.7. The van der Waals surface area contributed by atoms with Crippen LogP contribution in [0.1, 0.15) is 5.56 Å². The quantitative estimate of drug-likeness (QED) is 0.215. The number of carbonyl (C=O) groups is 2. The lowest BCUT2D eigenvalue weighted by Gasteiger charge is -2.14. The molecule has 2 aromatic carbocycles. The van der Waals surface area contributed by atoms with Gasteiger partial charge in [-0.15, -0.1) is 11.3 Å². The SMILES string of the molecule is O=C(CSc1ncnc2scc(-c3ccccc3)c12)NC(Cc1c[nH]c2ccccc12)C(=O)O. The Bertz CT molecular complexity index is 1480. The van der Waals surface area contributed by atoms with Crippen molar-refractivity contribution in [1.82, 2.24) is 20.3 Å². The van der Waals surface area contributed by atoms with E-state index in [0.29, 0.717) is 5.03 Å². The van der Waals surface area contributed by atoms with Crippen molar-refractivity contribution in [2.24, 2.45) is 0 Å². The minimum atomic E-state index is -1.07. The topological polar surface area (TPSA) is 108 Å². The number of carbonyl (C=O) groups excluding carboxylic acids is 1. The molecule has 0 fully saturated rings. The molecule has 0 spiro atoms. The summed E-state index contributed by atoms with van der Waals surface area (Å²) in [5, 5.41) is 17.0. The Balaban J connectivity index is 1.31. The van der Waals surface area contributed by atoms with E-state index in [1.54, 1.807) is 6.20 Å². The van der Waals surface area contributed by atoms with Crippen LogP contribution in [0, 0.1) is 0 Å². The number of carboxylic acids is 1. The van der Waals surface area contributed by atoms with Gasteiger partial charge in [-0.1, -0.05) is 60.3 Å². The summed E-state index contributed by atoms with van der Waals surface area (Å²) in [7, 11) is 0. The Kier molecular flexibility index (Phi) is 6.29. The van der Waals surface area contributed by atoms with Crippen molar-refractivity contribution in [2.75, 3.05) is 5.75 Å². The van der Waals surface area contributed by atoms with Crippen LogP contribution < -0.4 is 5.32 Å². The summed E-state index contributed by atoms with van der Waals surface area (Å²) < 4.78 is 0. The van der Waals surface area contributed by atoms with Crippen LogP contribution in [-0.2, 0) is 16.0 Å². The molecule has 0 aliphatic heterocycles. The van der Waals surface area contributed by atoms with Crippen LogP contribution >= 0.6 is 23.1 Å². The van der Waals surface area contributed by atoms with Crippen LogP contribution in [0.25, 0.3) is 32.2 Å². The molecule has 0 aliphatic carbocycles. The molecule has 34 heavy (non-hydrogen) atoms. The number of H-pyrrole nitrogens is 1. The van der Waals surface area contributed by atoms with Gasteiger partial charge in [-0.2, -0.15) is 0 Å². The first-order valence-corrected chi connectivity index (χ1v) is 12.4. The van der Waals surface area contributed by atoms with E-state index in [1.165, 1.54) is 29.4 Å². The fraction of sp³-hybridized carbons (Fsp3) is 0.120. The zero-order valence-electron chi connectivity index (χ0n) is 17.9. The molecule has 3 heterocycles. The van der Waals surface area contributed by atoms with Gasteiger partial charge in [-0.3, -0.25) is 4.79 Å². The molecule has 3 aromatic heterocycles. The van der Waals surface area contributed by atoms with Crippen molar-refractivity contribution in [3.63, 3.8) is 0 Å². The lowest BCUT2D eigenvalue weighted by atomic mass is 10.1. The minimum absolute atomic E-state index is 0.0495. The molecule has 5 aromatic rings. The summed E-state index contributed by atoms with van der Waals surface area (Å²) in [5.41, 5.74) is 3.85. The van der Waals surface area contributed by atoms with E-state index in [1.807, 2.05) is 60.0 Å². The molecule has 0 radical (unpaired) electrons. The second kappa shape index (κ2) is 9.66. The molecule has 7 nitrogen and oxygen atoms in total. The van der Waals surface area contributed by atoms with Gasteiger partial charge in [0.25, 0.3) is 0 Å². The summed E-state index contributed by atoms with van der Waals surface area (Å²) in [6, 6.07) is 16.6. The van der Waals surface area contributed by atoms with Crippen molar-refractivity contribution < 1.29 is 14.7 Å². The standard InChI is InChI=1S/C25H20N4O3S2/c30-21(29-20(25(31)32)10-16-11-26-19-9-5-4-8-17(16)19)13-34-24-22-18(15-6-2-1-3-7-15)12-33-23(22)27-14-28-24/h1-9,11-12,14,20,26H,10,13H2,(H,29,30)(H,31,32). The fourth-order valence-corrected chi connectivity index (χ4v) is 5.68. The monoisotopic (exact) mass is 488 g/mol. The minimum Gasteiger partial charge on any atom is -0.480 e. The Labute approximate surface area is 203 Å². The molecular weight excluding hydrogens is 468 g/mol. The zero-order chi connectivity index (χ0) is 23.5. The van der Waals surface area contributed by atoms with Crippen molar-refractivity contribution in [2.45, 2.75) is 17.5 Å². The van der Waals surface area contributed by atoms with Crippen LogP contribution in [0.3, 0.4) is 0 Å². The van der Waals surface area contributed by atoms with Gasteiger partial charge < -0.3 is 15.4 Å². The van der Waals surface area contributed by atoms with Gasteiger partial charge in [0, 0.05) is 34.5 Å². The highest BCUT2D eigenvalue weighted by Crippen LogP contribution is 2.37. The smallest absolute Gasteiger partial charge is 0.326 e. The molecule has 9 heteroatoms. The average Bonchev–Trinajstić information content (AvgIpc) is 3.48. The number of nitrogens with zero attached hydrogens (tertiary/aromatic N) is 2. The van der Waals surface area contributed by atoms with E-state index in [9.17, 15) is 14.7 Å². The predicted octanol–water partition coefficient (Wildman–Crippen LogP) is 4.74. The number of fused-ring (bicyclic) bond motifs is 2. The number of nitrogens with one attached hydrogen (secondary N) is 2. The highest BCUT2D eigenvalue weighted by molar-refractivity contribution is 8.00. The van der Waals surface area contributed by atoms with Crippen LogP contribution in [-0.4, -0.2) is 43.7 Å². The number of hydrogen-bond donors (Lipinski definition) is 3. The van der Waals surface area contributed by atoms with Crippen LogP contribution in [0.4, 0.5) is 0 Å². The third-order valence-electron chi connectivity index (χ3n) is 5.49. The molecular formula is C25H20N4O3S2. The van der Waals surface area contributed by atoms with E-state index in [-0.39, 0.29) is 18.1 Å². The second-order valence-corrected chi connectivity index (χ2v) is 9.51. The number of aliphatic carboxylic acids is 1. The lowest BCUT2D eigenvalue weighted by molar-refractivity contribution is -0.141. The molecule has 1 atom stereocenters. The molecule has 0 bridgehead atoms. The van der Waals surface area contributed by atoms with Gasteiger partial charge in [-0.05, 0) is 17.2 Å². The highest BCUT2D eigenvalue weighted by Gasteiger charge is 2.22. The van der Waals surface area contributed by atoms with E-state index in [4.69, 9.17) is 0 Å². The van der Waals surface area contributed by atoms with Gasteiger partial charge >= 0.3 is 5.97 Å². The Hall–Kier alpha value is -3.69. The number of benzene rings is 2. The number of para-hydroxylation sites is 1. The number of rotatable bonds is 8. The molecule has 0 saturated heterocycles. The predicted molar refractivity (Wildman–Crippen MR) is 135 cm³/mol. The van der Waals surface area contributed by atoms with Crippen LogP contribution in [0.2, 0.25) is 0 Å². The van der Waals surface area contributed by atoms with Crippen LogP contribution in [0.5, 0.6) is 0 Å². The van der Waals surface area contributed by atoms with Gasteiger partial charge in [-0.25, -0.2) is 14.8 Å². The molecule has 170 valence electrons. The molecule has 0 saturated carbocycles. The first-order valence-electron chi connectivity index (χ1n) is 10.6. The number of carboxylic acid groups (broad SMARTS) is 1. The first-order chi connectivity index (χ1) is 16.6. The number of aromatic amines is 1. The van der Waals surface area contributed by atoms with Crippen LogP contribution in [0.15, 0.2) is 77.5 Å². The third kappa shape index (κ3) is 4.52. The Morgan fingerprint density at radius 2 is 1.88 bits per heavy atom. The summed E-state index contributed by atoms with van der Waals surface area (Å²) >= 11 is 2.81. The lowest BCUT2D eigenvalue weighted by Crippen LogP contribution is -2.43. The first kappa shape index (κ1) is 22.1. The second-order valence-electron chi connectivity index (χ2n) is 7.69. The number of aromatic nitrogens is 3. The largest absolute Gasteiger partial charge is 0.480 e. The molecule has 1 amide bonds. The van der Waals surface area contributed by atoms with E-state index < -0.39 is 12.0 Å². The maximum Gasteiger partial charge on any atom is 0.326 e. The maximum absolute atomic E-state index is 12.7. The summed E-state index contributed by atoms with van der Waals surface area (Å²) in [6.07, 6.45) is 3.47. The van der Waals surface area contributed by atoms with E-state index >= 15 is 0 Å². The Morgan fingerprint density at radius 1 is 1.09 bits per heavy atom. The van der Waals surface area contributed by atoms with Crippen molar-refractivity contribution >= 4 is 56.1 Å². The van der Waals surface area contributed by atoms with Gasteiger partial charge in [0.05, 0.1) is 11.1 Å². The van der Waals surface area contributed by atoms with Crippen molar-refractivity contribution in [1.29, 1.82) is 0 Å². The summed E-state index contributed by atoms with van der Waals surface area (Å²) in [5.74, 6) is -1.38. The average molecular weight is 489 g/mol. The van der Waals surface area contributed by atoms with E-state index in [2.05, 4.69) is 20.3 Å². The zero-order valence-corrected chi connectivity index (χ0v) is 19.5. The van der Waals surface area contributed by atoms with Crippen molar-refractivity contribution in [3.8, 4) is 11.1 Å². The number of thiophene rings is 1. The van der Waals surface area contributed by atoms with Gasteiger partial charge in [0.15, 0.2) is 0 Å². The van der Waals surface area contributed by atoms with Gasteiger partial charge in [0.1, 0.15) is 22.2 Å². The van der Waals surface area contributed by atoms with Crippen molar-refractivity contribution in [3.05, 3.63) is 78.1 Å². The number of thioether (sulfide) groups is 1. The van der Waals surface area contributed by atoms with Gasteiger partial charge in [0.2, 0.25) is 5.91 Å². The fourth-order valence-electron chi connectivity index (χ4n) is 3.88. The molecule has 1 unspecified atom stereocenters. The number of amides is 1. The summed E-state index contributed by atoms with van der Waals surface area (Å²) in [6.45, 7) is 0. The Morgan fingerprint density at radius 3 is 2.71 bits per heavy atom. The summed E-state index contributed by atoms with van der Waals surface area (Å²) in [4.78, 5) is 37.3. The molecule has 0 aliphatic rings.